The number of nitrogens with one attached hydrogen (secondary N) is 5. The first-order valence-electron chi connectivity index (χ1n) is 29.8. The van der Waals surface area contributed by atoms with Crippen LogP contribution < -0.4 is 42.0 Å². The number of primary amides is 1. The molecule has 0 unspecified atom stereocenters. The van der Waals surface area contributed by atoms with Gasteiger partial charge in [-0.15, -0.1) is 5.06 Å². The van der Waals surface area contributed by atoms with E-state index in [1.54, 1.807) is 51.1 Å². The number of allylic oxidation sites excluding steroid dienone is 3. The number of anilines is 2. The van der Waals surface area contributed by atoms with Crippen molar-refractivity contribution >= 4 is 99.4 Å². The minimum absolute atomic E-state index is 0.0133. The number of hydrogen-bond acceptors (Lipinski definition) is 19. The normalized spacial score (nSPS) is 23.6. The molecule has 10 amide bonds. The summed E-state index contributed by atoms with van der Waals surface area (Å²) in [5.74, 6) is -6.02. The number of epoxide rings is 1. The topological polar surface area (TPSA) is 375 Å². The number of unbranched alkanes of at least 4 members (excludes halogenated alkanes) is 1. The number of carbonyl (C=O) groups is 11. The lowest BCUT2D eigenvalue weighted by Gasteiger charge is -2.40. The predicted molar refractivity (Wildman–Crippen MR) is 327 cm³/mol. The highest BCUT2D eigenvalue weighted by Crippen LogP contribution is 2.47. The van der Waals surface area contributed by atoms with E-state index in [0.717, 1.165) is 16.0 Å². The van der Waals surface area contributed by atoms with Crippen molar-refractivity contribution in [2.75, 3.05) is 45.1 Å². The van der Waals surface area contributed by atoms with E-state index in [0.29, 0.717) is 33.8 Å². The number of nitrogens with zero attached hydrogens (tertiary/aromatic N) is 4. The number of carbonyl (C=O) groups excluding carboxylic acids is 11. The highest BCUT2D eigenvalue weighted by atomic mass is 35.5. The zero-order valence-corrected chi connectivity index (χ0v) is 53.0. The van der Waals surface area contributed by atoms with Gasteiger partial charge >= 0.3 is 24.1 Å². The van der Waals surface area contributed by atoms with Crippen LogP contribution in [0.3, 0.4) is 0 Å². The molecule has 0 aliphatic carbocycles. The lowest BCUT2D eigenvalue weighted by molar-refractivity contribution is -0.197. The van der Waals surface area contributed by atoms with Crippen LogP contribution >= 0.6 is 11.6 Å². The summed E-state index contributed by atoms with van der Waals surface area (Å²) in [6.07, 6.45) is 0.363. The third-order valence-corrected chi connectivity index (χ3v) is 16.7. The second-order valence-corrected chi connectivity index (χ2v) is 23.9. The smallest absolute Gasteiger partial charge is 0.409 e. The van der Waals surface area contributed by atoms with Crippen molar-refractivity contribution in [2.45, 2.75) is 166 Å². The van der Waals surface area contributed by atoms with Crippen LogP contribution in [0.15, 0.2) is 66.3 Å². The molecule has 0 radical (unpaired) electrons. The number of aliphatic hydroxyl groups is 1. The van der Waals surface area contributed by atoms with Crippen LogP contribution in [0, 0.1) is 5.92 Å². The fraction of sp³-hybridized carbons (Fsp3) is 0.516. The molecule has 91 heavy (non-hydrogen) atoms. The van der Waals surface area contributed by atoms with Crippen LogP contribution in [-0.4, -0.2) is 174 Å². The molecule has 2 aromatic carbocycles. The fourth-order valence-corrected chi connectivity index (χ4v) is 11.1. The predicted octanol–water partition coefficient (Wildman–Crippen LogP) is 4.31. The van der Waals surface area contributed by atoms with Crippen molar-refractivity contribution in [1.29, 1.82) is 0 Å². The second-order valence-electron chi connectivity index (χ2n) is 23.5. The Balaban J connectivity index is 1.02. The summed E-state index contributed by atoms with van der Waals surface area (Å²) in [6.45, 7) is 8.44. The highest BCUT2D eigenvalue weighted by Gasteiger charge is 2.62. The van der Waals surface area contributed by atoms with E-state index in [9.17, 15) is 57.8 Å². The molecular weight excluding hydrogens is 1210 g/mol. The molecule has 4 aliphatic heterocycles. The van der Waals surface area contributed by atoms with Gasteiger partial charge in [0.2, 0.25) is 23.6 Å². The number of likely N-dealkylation sites (N-methyl/N-ethyl adjacent to an activating group) is 1. The number of nitrogens with two attached hydrogens (primary N) is 1. The maximum Gasteiger partial charge on any atom is 0.409 e. The molecule has 28 nitrogen and oxygen atoms in total. The van der Waals surface area contributed by atoms with Crippen molar-refractivity contribution in [3.63, 3.8) is 0 Å². The minimum atomic E-state index is -1.90. The first kappa shape index (κ1) is 69.7. The molecule has 3 saturated heterocycles. The third kappa shape index (κ3) is 17.8. The van der Waals surface area contributed by atoms with Gasteiger partial charge in [-0.05, 0) is 107 Å². The van der Waals surface area contributed by atoms with Crippen molar-refractivity contribution in [3.05, 3.63) is 82.4 Å². The minimum Gasteiger partial charge on any atom is -0.495 e. The molecule has 5 heterocycles. The van der Waals surface area contributed by atoms with Crippen molar-refractivity contribution in [1.82, 2.24) is 36.2 Å². The SMILES string of the molecule is COc1cc2cc(c1Cl)N(C)C(=O)C[C@H](OC(=O)[C@H](C)N(C)C(=O)c1ccc3nc(NC(=O)[C@H](CCCNC(N)=O)NC(=O)[C@@H](NC(=O)CCCCC(=O)ON4C(=O)CCC4=O)C(C)C)ccc3c1)[C@]1(C)O[C@H]1C[C@@H]1C[C@@](O)(NC(=O)O1)[C@H](OC)/C=C/C=C(\C)C2. The maximum absolute atomic E-state index is 14.5. The Morgan fingerprint density at radius 2 is 1.66 bits per heavy atom. The molecule has 8 N–H and O–H groups in total. The number of methoxy groups -OCH3 is 2. The molecule has 7 rings (SSSR count). The lowest BCUT2D eigenvalue weighted by Crippen LogP contribution is -2.62. The molecular formula is C62H79ClN10O18. The van der Waals surface area contributed by atoms with Crippen LogP contribution in [-0.2, 0) is 68.6 Å². The quantitative estimate of drug-likeness (QED) is 0.0319. The maximum atomic E-state index is 14.5. The average molecular weight is 1290 g/mol. The second kappa shape index (κ2) is 30.4. The van der Waals surface area contributed by atoms with E-state index in [1.165, 1.54) is 64.4 Å². The van der Waals surface area contributed by atoms with Gasteiger partial charge in [0.05, 0.1) is 30.8 Å². The van der Waals surface area contributed by atoms with Gasteiger partial charge in [-0.3, -0.25) is 38.9 Å². The van der Waals surface area contributed by atoms with Crippen molar-refractivity contribution < 1.29 is 86.4 Å². The highest BCUT2D eigenvalue weighted by molar-refractivity contribution is 6.35. The molecule has 0 saturated carbocycles. The van der Waals surface area contributed by atoms with Crippen LogP contribution in [0.5, 0.6) is 5.75 Å². The fourth-order valence-electron chi connectivity index (χ4n) is 10.8. The number of urea groups is 1. The molecule has 492 valence electrons. The van der Waals surface area contributed by atoms with Gasteiger partial charge < -0.3 is 70.4 Å². The summed E-state index contributed by atoms with van der Waals surface area (Å²) in [7, 11) is 5.77. The lowest BCUT2D eigenvalue weighted by atomic mass is 9.90. The van der Waals surface area contributed by atoms with Gasteiger partial charge in [0.15, 0.2) is 5.72 Å². The Bertz CT molecular complexity index is 3360. The number of hydrogen-bond donors (Lipinski definition) is 7. The van der Waals surface area contributed by atoms with E-state index < -0.39 is 132 Å². The van der Waals surface area contributed by atoms with Gasteiger partial charge in [0.1, 0.15) is 58.6 Å². The average Bonchev–Trinajstić information content (AvgIpc) is 1.61. The first-order chi connectivity index (χ1) is 43.0. The standard InChI is InChI=1S/C62H79ClN10O18/c1-33(2)54(69-48(74)17-10-11-18-52(78)91-73-49(75)23-24-50(73)76)56(80)67-41(15-13-25-65-59(64)83)55(79)68-47-22-20-37-29-38(19-21-40(37)66-47)57(81)71(6)35(4)58(82)89-45-31-51(77)72(7)42-27-36(28-43(86-8)53(42)63)26-34(3)14-12-16-44(87-9)62(85)32-39(88-60(84)70-62)30-46-61(45,5)90-46/h12,14,16,19-22,27-29,33,35,39,41,44-46,54,85H,10-11,13,15,17-18,23-26,30-32H2,1-9H3,(H,67,80)(H,69,74)(H,70,84)(H3,64,65,83)(H,66,68,79)/b16-12+,34-14+/t35-,39+,41-,44+,45-,46-,54-,61-,62-/m0/s1. The van der Waals surface area contributed by atoms with Gasteiger partial charge in [-0.25, -0.2) is 24.2 Å². The summed E-state index contributed by atoms with van der Waals surface area (Å²) < 4.78 is 29.3. The van der Waals surface area contributed by atoms with E-state index in [-0.39, 0.29) is 87.2 Å². The summed E-state index contributed by atoms with van der Waals surface area (Å²) >= 11 is 6.84. The number of hydroxylamine groups is 2. The number of imide groups is 1. The molecule has 3 aromatic rings. The van der Waals surface area contributed by atoms with Crippen molar-refractivity contribution in [2.24, 2.45) is 11.7 Å². The number of halogens is 1. The molecule has 4 bridgehead atoms. The number of benzene rings is 2. The third-order valence-electron chi connectivity index (χ3n) is 16.3. The monoisotopic (exact) mass is 1290 g/mol. The van der Waals surface area contributed by atoms with Gasteiger partial charge in [-0.1, -0.05) is 49.2 Å². The summed E-state index contributed by atoms with van der Waals surface area (Å²) in [5.41, 5.74) is 4.41. The summed E-state index contributed by atoms with van der Waals surface area (Å²) in [5, 5.41) is 25.9. The Kier molecular flexibility index (Phi) is 23.3. The van der Waals surface area contributed by atoms with Crippen LogP contribution in [0.2, 0.25) is 5.02 Å². The number of fused-ring (bicyclic) bond motifs is 6. The van der Waals surface area contributed by atoms with Gasteiger partial charge in [-0.2, -0.15) is 0 Å². The van der Waals surface area contributed by atoms with E-state index >= 15 is 0 Å². The number of ether oxygens (including phenoxy) is 5. The number of rotatable bonds is 22. The van der Waals surface area contributed by atoms with Crippen LogP contribution in [0.4, 0.5) is 21.1 Å². The number of pyridine rings is 1. The molecule has 4 aliphatic rings. The molecule has 29 heteroatoms. The Hall–Kier alpha value is -8.73. The van der Waals surface area contributed by atoms with Crippen LogP contribution in [0.1, 0.15) is 121 Å². The van der Waals surface area contributed by atoms with E-state index in [2.05, 4.69) is 31.6 Å². The summed E-state index contributed by atoms with van der Waals surface area (Å²) in [6, 6.07) is 6.75. The van der Waals surface area contributed by atoms with E-state index in [4.69, 9.17) is 45.9 Å². The number of aromatic nitrogens is 1. The molecule has 3 fully saturated rings. The molecule has 9 atom stereocenters. The zero-order chi connectivity index (χ0) is 66.6. The van der Waals surface area contributed by atoms with Crippen LogP contribution in [0.25, 0.3) is 10.9 Å². The Morgan fingerprint density at radius 3 is 2.34 bits per heavy atom. The largest absolute Gasteiger partial charge is 0.495 e. The number of alkyl carbamates (subject to hydrolysis) is 1. The Morgan fingerprint density at radius 1 is 0.945 bits per heavy atom. The van der Waals surface area contributed by atoms with Crippen molar-refractivity contribution in [3.8, 4) is 5.75 Å². The number of esters is 1. The van der Waals surface area contributed by atoms with Gasteiger partial charge in [0.25, 0.3) is 17.7 Å². The zero-order valence-electron chi connectivity index (χ0n) is 52.2. The van der Waals surface area contributed by atoms with E-state index in [1.807, 2.05) is 13.0 Å². The number of amides is 10. The first-order valence-corrected chi connectivity index (χ1v) is 30.2. The summed E-state index contributed by atoms with van der Waals surface area (Å²) in [4.78, 5) is 156. The molecule has 1 aromatic heterocycles. The Labute approximate surface area is 530 Å². The molecule has 0 spiro atoms. The van der Waals surface area contributed by atoms with Gasteiger partial charge in [0, 0.05) is 77.2 Å².